The Morgan fingerprint density at radius 3 is 2.42 bits per heavy atom. The highest BCUT2D eigenvalue weighted by molar-refractivity contribution is 6.30. The normalized spacial score (nSPS) is 34.9. The fourth-order valence-electron chi connectivity index (χ4n) is 10.1. The number of esters is 2. The van der Waals surface area contributed by atoms with E-state index in [0.29, 0.717) is 48.8 Å². The van der Waals surface area contributed by atoms with Crippen LogP contribution in [0, 0.1) is 23.7 Å². The first-order valence-electron chi connectivity index (χ1n) is 23.1. The number of nitrogens with one attached hydrogen (secondary N) is 1. The number of nitrogens with zero attached hydrogens (tertiary/aromatic N) is 4. The first-order valence-corrected chi connectivity index (χ1v) is 23.5. The van der Waals surface area contributed by atoms with E-state index in [4.69, 9.17) is 40.0 Å². The van der Waals surface area contributed by atoms with Crippen molar-refractivity contribution < 1.29 is 52.7 Å². The van der Waals surface area contributed by atoms with Gasteiger partial charge >= 0.3 is 18.0 Å². The molecule has 2 N–H and O–H groups in total. The molecule has 3 fully saturated rings. The summed E-state index contributed by atoms with van der Waals surface area (Å²) in [6, 6.07) is 7.86. The van der Waals surface area contributed by atoms with E-state index >= 15 is 0 Å². The molecule has 14 atom stereocenters. The topological polar surface area (TPSA) is 188 Å². The third-order valence-corrected chi connectivity index (χ3v) is 14.0. The van der Waals surface area contributed by atoms with Crippen LogP contribution < -0.4 is 5.32 Å². The second-order valence-corrected chi connectivity index (χ2v) is 19.3. The smallest absolute Gasteiger partial charge is 0.410 e. The van der Waals surface area contributed by atoms with Crippen molar-refractivity contribution in [1.29, 1.82) is 0 Å². The average molecular weight is 931 g/mol. The number of Topliss-reactive ketones (excluding diaryl/α,β-unsaturated/α-hetero) is 1. The molecule has 2 aromatic heterocycles. The molecule has 3 aliphatic rings. The minimum atomic E-state index is -1.43. The predicted molar refractivity (Wildman–Crippen MR) is 244 cm³/mol. The minimum absolute atomic E-state index is 0.0256. The largest absolute Gasteiger partial charge is 0.461 e. The Morgan fingerprint density at radius 1 is 1.05 bits per heavy atom. The lowest BCUT2D eigenvalue weighted by atomic mass is 9.73. The number of aryl methyl sites for hydroxylation is 1. The molecule has 2 aromatic rings. The summed E-state index contributed by atoms with van der Waals surface area (Å²) in [5.74, 6) is -4.08. The van der Waals surface area contributed by atoms with Gasteiger partial charge in [-0.15, -0.1) is 0 Å². The number of hydrogen-bond acceptors (Lipinski definition) is 15. The van der Waals surface area contributed by atoms with Gasteiger partial charge in [0.25, 0.3) is 0 Å². The van der Waals surface area contributed by atoms with Gasteiger partial charge < -0.3 is 48.6 Å². The molecule has 3 aliphatic heterocycles. The number of aromatic nitrogens is 2. The summed E-state index contributed by atoms with van der Waals surface area (Å²) in [6.07, 6.45) is -0.624. The van der Waals surface area contributed by atoms with Crippen LogP contribution in [0.4, 0.5) is 10.6 Å². The average Bonchev–Trinajstić information content (AvgIpc) is 3.54. The van der Waals surface area contributed by atoms with Crippen molar-refractivity contribution in [2.45, 2.75) is 160 Å². The van der Waals surface area contributed by atoms with Crippen molar-refractivity contribution in [2.75, 3.05) is 39.6 Å². The fourth-order valence-corrected chi connectivity index (χ4v) is 10.3. The molecule has 5 rings (SSSR count). The Balaban J connectivity index is 1.52. The summed E-state index contributed by atoms with van der Waals surface area (Å²) in [4.78, 5) is 69.6. The number of carbonyl (C=O) groups excluding carboxylic acids is 4. The maximum absolute atomic E-state index is 14.9. The van der Waals surface area contributed by atoms with Gasteiger partial charge in [0, 0.05) is 68.5 Å². The van der Waals surface area contributed by atoms with Gasteiger partial charge in [0.15, 0.2) is 11.9 Å². The van der Waals surface area contributed by atoms with Gasteiger partial charge in [-0.3, -0.25) is 19.4 Å². The minimum Gasteiger partial charge on any atom is -0.461 e. The predicted octanol–water partition coefficient (Wildman–Crippen LogP) is 6.50. The van der Waals surface area contributed by atoms with Crippen LogP contribution in [0.3, 0.4) is 0 Å². The van der Waals surface area contributed by atoms with E-state index in [2.05, 4.69) is 15.3 Å². The third kappa shape index (κ3) is 12.3. The number of carbonyl (C=O) groups is 4. The number of likely N-dealkylation sites (N-methyl/N-ethyl adjacent to an activating group) is 1. The molecule has 362 valence electrons. The number of anilines is 1. The number of fused-ring (bicyclic) bond motifs is 1. The van der Waals surface area contributed by atoms with E-state index in [9.17, 15) is 24.3 Å². The number of pyridine rings is 2. The Kier molecular flexibility index (Phi) is 18.2. The second kappa shape index (κ2) is 22.7. The number of halogens is 1. The van der Waals surface area contributed by atoms with E-state index in [1.165, 1.54) is 7.11 Å². The molecule has 17 heteroatoms. The molecule has 5 heterocycles. The number of rotatable bonds is 15. The maximum atomic E-state index is 14.9. The van der Waals surface area contributed by atoms with Crippen LogP contribution in [0.5, 0.6) is 0 Å². The highest BCUT2D eigenvalue weighted by Gasteiger charge is 2.60. The monoisotopic (exact) mass is 929 g/mol. The van der Waals surface area contributed by atoms with Crippen molar-refractivity contribution in [2.24, 2.45) is 23.7 Å². The first-order chi connectivity index (χ1) is 30.7. The van der Waals surface area contributed by atoms with Gasteiger partial charge in [-0.1, -0.05) is 45.4 Å². The number of ether oxygens (including phenoxy) is 6. The van der Waals surface area contributed by atoms with Gasteiger partial charge in [0.1, 0.15) is 29.9 Å². The number of cyclic esters (lactones) is 1. The summed E-state index contributed by atoms with van der Waals surface area (Å²) in [5.41, 5.74) is -2.03. The molecule has 0 radical (unpaired) electrons. The zero-order valence-electron chi connectivity index (χ0n) is 40.0. The van der Waals surface area contributed by atoms with Gasteiger partial charge in [0.2, 0.25) is 0 Å². The van der Waals surface area contributed by atoms with E-state index in [1.54, 1.807) is 63.2 Å². The summed E-state index contributed by atoms with van der Waals surface area (Å²) >= 11 is 6.00. The quantitative estimate of drug-likeness (QED) is 0.112. The highest BCUT2D eigenvalue weighted by Crippen LogP contribution is 2.44. The molecule has 0 aromatic carbocycles. The summed E-state index contributed by atoms with van der Waals surface area (Å²) in [6.45, 7) is 15.2. The number of hydrogen-bond donors (Lipinski definition) is 2. The molecule has 1 unspecified atom stereocenters. The Labute approximate surface area is 389 Å². The molecule has 0 saturated carbocycles. The number of aliphatic hydroxyl groups excluding tert-OH is 1. The summed E-state index contributed by atoms with van der Waals surface area (Å²) in [5, 5.41) is 15.5. The first kappa shape index (κ1) is 52.0. The van der Waals surface area contributed by atoms with Crippen LogP contribution in [-0.2, 0) is 49.2 Å². The third-order valence-electron chi connectivity index (χ3n) is 13.8. The van der Waals surface area contributed by atoms with Crippen LogP contribution in [0.15, 0.2) is 42.7 Å². The SMILES string of the molecule is CC[C@H]1OC(=O)[C@H](C)[C@H](OC(=O)CCc2ccccn2)[C@@H](C)[C@@H](OC2O[C@H](C)C[C@H](N(C)C)[C@H]2O)[C@](C)(OC)C[C@@H](C)C(=O)[C@H](C)[C@@H]2N(CCCCNc3ccc(Cl)cn3)C(=O)O[C@@]21C. The molecular weight excluding hydrogens is 858 g/mol. The lowest BCUT2D eigenvalue weighted by Crippen LogP contribution is -2.61. The number of amides is 1. The fraction of sp³-hybridized carbons (Fsp3) is 0.708. The molecule has 3 saturated heterocycles. The number of aliphatic hydroxyl groups is 1. The number of ketones is 1. The summed E-state index contributed by atoms with van der Waals surface area (Å²) < 4.78 is 38.5. The molecule has 0 aliphatic carbocycles. The van der Waals surface area contributed by atoms with E-state index < -0.39 is 89.7 Å². The van der Waals surface area contributed by atoms with Crippen LogP contribution in [-0.4, -0.2) is 143 Å². The van der Waals surface area contributed by atoms with E-state index in [-0.39, 0.29) is 43.7 Å². The van der Waals surface area contributed by atoms with E-state index in [1.807, 2.05) is 58.8 Å². The van der Waals surface area contributed by atoms with Crippen molar-refractivity contribution in [3.05, 3.63) is 53.4 Å². The van der Waals surface area contributed by atoms with Crippen LogP contribution in [0.2, 0.25) is 5.02 Å². The van der Waals surface area contributed by atoms with Gasteiger partial charge in [-0.25, -0.2) is 9.78 Å². The lowest BCUT2D eigenvalue weighted by molar-refractivity contribution is -0.301. The van der Waals surface area contributed by atoms with Crippen molar-refractivity contribution in [3.63, 3.8) is 0 Å². The van der Waals surface area contributed by atoms with Crippen molar-refractivity contribution in [1.82, 2.24) is 19.8 Å². The second-order valence-electron chi connectivity index (χ2n) is 18.9. The van der Waals surface area contributed by atoms with Gasteiger partial charge in [-0.05, 0) is 98.2 Å². The lowest BCUT2D eigenvalue weighted by Gasteiger charge is -2.48. The van der Waals surface area contributed by atoms with Gasteiger partial charge in [0.05, 0.1) is 41.2 Å². The molecule has 65 heavy (non-hydrogen) atoms. The molecule has 1 amide bonds. The van der Waals surface area contributed by atoms with E-state index in [0.717, 1.165) is 0 Å². The maximum Gasteiger partial charge on any atom is 0.410 e. The van der Waals surface area contributed by atoms with Crippen LogP contribution in [0.1, 0.15) is 99.6 Å². The van der Waals surface area contributed by atoms with Crippen molar-refractivity contribution >= 4 is 41.2 Å². The standard InChI is InChI=1S/C48H72ClN5O11/c1-12-36-48(8)42(54(46(59)65-48)24-16-15-23-51-37-20-18-33(49)27-52-37)30(4)39(56)28(2)26-47(7,60-11)43(64-45-40(57)35(53(9)10)25-29(3)61-45)31(5)41(32(6)44(58)62-36)63-38(55)21-19-34-17-13-14-22-50-34/h13-14,17-18,20,22,27-32,35-36,40-43,45,57H,12,15-16,19,21,23-26H2,1-11H3,(H,51,52)/t28-,29-,30+,31-,32-,35+,36-,40-,41-,42+,43-,45?,47-,48-/m1/s1. The Hall–Kier alpha value is -3.93. The number of unbranched alkanes of at least 4 members (excludes halogenated alkanes) is 1. The number of methoxy groups -OCH3 is 1. The molecule has 0 spiro atoms. The van der Waals surface area contributed by atoms with Crippen molar-refractivity contribution in [3.8, 4) is 0 Å². The zero-order valence-corrected chi connectivity index (χ0v) is 40.8. The molecule has 16 nitrogen and oxygen atoms in total. The van der Waals surface area contributed by atoms with Crippen LogP contribution >= 0.6 is 11.6 Å². The Bertz CT molecular complexity index is 1900. The summed E-state index contributed by atoms with van der Waals surface area (Å²) in [7, 11) is 5.28. The Morgan fingerprint density at radius 2 is 1.78 bits per heavy atom. The molecule has 0 bridgehead atoms. The highest BCUT2D eigenvalue weighted by atomic mass is 35.5. The zero-order chi connectivity index (χ0) is 47.8. The molecular formula is C48H72ClN5O11. The van der Waals surface area contributed by atoms with Crippen LogP contribution in [0.25, 0.3) is 0 Å². The van der Waals surface area contributed by atoms with Gasteiger partial charge in [-0.2, -0.15) is 0 Å².